The zero-order valence-corrected chi connectivity index (χ0v) is 23.3. The third-order valence-corrected chi connectivity index (χ3v) is 7.35. The van der Waals surface area contributed by atoms with Crippen molar-refractivity contribution in [1.29, 1.82) is 0 Å². The van der Waals surface area contributed by atoms with Crippen LogP contribution in [0, 0.1) is 22.7 Å². The van der Waals surface area contributed by atoms with Gasteiger partial charge in [-0.2, -0.15) is 26.3 Å². The average Bonchev–Trinajstić information content (AvgIpc) is 2.69. The molecule has 0 bridgehead atoms. The van der Waals surface area contributed by atoms with E-state index in [1.807, 2.05) is 20.8 Å². The molecule has 0 aromatic rings. The Kier molecular flexibility index (Phi) is 11.3. The van der Waals surface area contributed by atoms with Gasteiger partial charge in [-0.25, -0.2) is 0 Å². The molecule has 0 radical (unpaired) electrons. The maximum Gasteiger partial charge on any atom is 0.426 e. The zero-order chi connectivity index (χ0) is 30.7. The Bertz CT molecular complexity index is 831. The Morgan fingerprint density at radius 3 is 1.63 bits per heavy atom. The third-order valence-electron chi connectivity index (χ3n) is 7.35. The number of carbonyl (C=O) groups excluding carboxylic acids is 2. The highest BCUT2D eigenvalue weighted by molar-refractivity contribution is 5.79. The van der Waals surface area contributed by atoms with Gasteiger partial charge in [0, 0.05) is 11.8 Å². The van der Waals surface area contributed by atoms with Crippen molar-refractivity contribution in [2.45, 2.75) is 118 Å². The molecule has 0 fully saturated rings. The highest BCUT2D eigenvalue weighted by Gasteiger charge is 2.70. The van der Waals surface area contributed by atoms with Crippen LogP contribution in [0.15, 0.2) is 0 Å². The lowest BCUT2D eigenvalue weighted by Gasteiger charge is -2.40. The van der Waals surface area contributed by atoms with Crippen LogP contribution in [0.4, 0.5) is 26.3 Å². The number of carboxylic acids is 1. The summed E-state index contributed by atoms with van der Waals surface area (Å²) in [6.07, 6.45) is -16.8. The highest BCUT2D eigenvalue weighted by atomic mass is 19.4. The topological polar surface area (TPSA) is 110 Å². The first-order valence-electron chi connectivity index (χ1n) is 12.2. The largest absolute Gasteiger partial charge is 0.481 e. The van der Waals surface area contributed by atoms with Gasteiger partial charge in [-0.15, -0.1) is 0 Å². The molecule has 0 aromatic heterocycles. The molecule has 4 unspecified atom stereocenters. The van der Waals surface area contributed by atoms with Crippen LogP contribution in [0.25, 0.3) is 0 Å². The number of ether oxygens (including phenoxy) is 2. The van der Waals surface area contributed by atoms with Crippen LogP contribution in [-0.2, 0) is 23.9 Å². The predicted octanol–water partition coefficient (Wildman–Crippen LogP) is 6.07. The molecule has 0 aromatic carbocycles. The fourth-order valence-corrected chi connectivity index (χ4v) is 3.37. The minimum atomic E-state index is -6.08. The van der Waals surface area contributed by atoms with E-state index in [1.165, 1.54) is 20.8 Å². The Morgan fingerprint density at radius 2 is 1.29 bits per heavy atom. The van der Waals surface area contributed by atoms with Gasteiger partial charge >= 0.3 is 30.3 Å². The summed E-state index contributed by atoms with van der Waals surface area (Å²) in [5.74, 6) is -5.41. The summed E-state index contributed by atoms with van der Waals surface area (Å²) >= 11 is 0. The molecule has 0 aliphatic carbocycles. The number of halogens is 6. The van der Waals surface area contributed by atoms with Gasteiger partial charge < -0.3 is 19.7 Å². The summed E-state index contributed by atoms with van der Waals surface area (Å²) in [6.45, 7) is 13.7. The van der Waals surface area contributed by atoms with E-state index in [0.717, 1.165) is 6.92 Å². The lowest BCUT2D eigenvalue weighted by molar-refractivity contribution is -0.373. The van der Waals surface area contributed by atoms with Gasteiger partial charge in [-0.3, -0.25) is 14.4 Å². The minimum Gasteiger partial charge on any atom is -0.481 e. The van der Waals surface area contributed by atoms with Gasteiger partial charge in [0.2, 0.25) is 0 Å². The van der Waals surface area contributed by atoms with E-state index in [9.17, 15) is 50.9 Å². The third kappa shape index (κ3) is 8.74. The summed E-state index contributed by atoms with van der Waals surface area (Å²) < 4.78 is 88.9. The number of carboxylic acid groups (broad SMARTS) is 1. The van der Waals surface area contributed by atoms with E-state index in [2.05, 4.69) is 0 Å². The van der Waals surface area contributed by atoms with Crippen molar-refractivity contribution in [3.05, 3.63) is 0 Å². The Balaban J connectivity index is 6.03. The van der Waals surface area contributed by atoms with Crippen molar-refractivity contribution in [3.8, 4) is 0 Å². The Hall–Kier alpha value is -2.05. The second-order valence-corrected chi connectivity index (χ2v) is 11.7. The maximum atomic E-state index is 13.2. The number of carbonyl (C=O) groups is 3. The van der Waals surface area contributed by atoms with Crippen LogP contribution in [-0.4, -0.2) is 57.8 Å². The maximum absolute atomic E-state index is 13.2. The number of hydrogen-bond acceptors (Lipinski definition) is 6. The van der Waals surface area contributed by atoms with Crippen LogP contribution in [0.5, 0.6) is 0 Å². The minimum absolute atomic E-state index is 0.0464. The quantitative estimate of drug-likeness (QED) is 0.218. The van der Waals surface area contributed by atoms with Crippen LogP contribution in [0.3, 0.4) is 0 Å². The number of aliphatic hydroxyl groups is 1. The van der Waals surface area contributed by atoms with Crippen molar-refractivity contribution in [3.63, 3.8) is 0 Å². The molecule has 0 heterocycles. The van der Waals surface area contributed by atoms with Gasteiger partial charge in [-0.1, -0.05) is 34.6 Å². The zero-order valence-electron chi connectivity index (χ0n) is 23.3. The number of rotatable bonds is 12. The average molecular weight is 567 g/mol. The molecule has 0 saturated heterocycles. The SMILES string of the molecule is CCC(C)(CC(CC(C)C(=O)O)C(=O)OC(C)(C)C(C)(C)C)C(=O)OC(C)CC(O)(C(F)(F)F)C(F)(F)F. The lowest BCUT2D eigenvalue weighted by Crippen LogP contribution is -2.58. The van der Waals surface area contributed by atoms with Gasteiger partial charge in [0.05, 0.1) is 17.3 Å². The summed E-state index contributed by atoms with van der Waals surface area (Å²) in [7, 11) is 0. The molecule has 0 aliphatic heterocycles. The van der Waals surface area contributed by atoms with Crippen LogP contribution >= 0.6 is 0 Å². The van der Waals surface area contributed by atoms with Crippen molar-refractivity contribution in [2.75, 3.05) is 0 Å². The van der Waals surface area contributed by atoms with Gasteiger partial charge in [0.15, 0.2) is 0 Å². The monoisotopic (exact) mass is 566 g/mol. The predicted molar refractivity (Wildman–Crippen MR) is 125 cm³/mol. The highest BCUT2D eigenvalue weighted by Crippen LogP contribution is 2.46. The molecule has 0 rings (SSSR count). The van der Waals surface area contributed by atoms with E-state index in [1.54, 1.807) is 13.8 Å². The van der Waals surface area contributed by atoms with Gasteiger partial charge in [-0.05, 0) is 47.0 Å². The number of aliphatic carboxylic acids is 1. The summed E-state index contributed by atoms with van der Waals surface area (Å²) in [5.41, 5.74) is -8.24. The lowest BCUT2D eigenvalue weighted by atomic mass is 9.75. The van der Waals surface area contributed by atoms with E-state index in [0.29, 0.717) is 0 Å². The fourth-order valence-electron chi connectivity index (χ4n) is 3.37. The molecular weight excluding hydrogens is 526 g/mol. The smallest absolute Gasteiger partial charge is 0.426 e. The molecule has 2 N–H and O–H groups in total. The second-order valence-electron chi connectivity index (χ2n) is 11.7. The Labute approximate surface area is 219 Å². The molecule has 0 amide bonds. The van der Waals surface area contributed by atoms with Gasteiger partial charge in [0.1, 0.15) is 11.7 Å². The molecule has 224 valence electrons. The Morgan fingerprint density at radius 1 is 0.842 bits per heavy atom. The summed E-state index contributed by atoms with van der Waals surface area (Å²) in [4.78, 5) is 37.6. The molecular formula is C25H40F6O7. The molecule has 0 aliphatic rings. The molecule has 0 saturated carbocycles. The summed E-state index contributed by atoms with van der Waals surface area (Å²) in [5, 5.41) is 18.8. The number of alkyl halides is 6. The van der Waals surface area contributed by atoms with E-state index < -0.39 is 76.7 Å². The first-order valence-corrected chi connectivity index (χ1v) is 12.2. The second kappa shape index (κ2) is 12.0. The standard InChI is InChI=1S/C25H40F6O7/c1-10-22(9,19(35)37-15(3)12-23(36,24(26,27)28)25(29,30)31)13-16(11-14(2)17(32)33)18(34)38-21(7,8)20(4,5)6/h14-16,36H,10-13H2,1-9H3,(H,32,33). The van der Waals surface area contributed by atoms with E-state index in [-0.39, 0.29) is 19.3 Å². The fraction of sp³-hybridized carbons (Fsp3) is 0.880. The van der Waals surface area contributed by atoms with Crippen LogP contribution in [0.2, 0.25) is 0 Å². The van der Waals surface area contributed by atoms with E-state index in [4.69, 9.17) is 9.47 Å². The summed E-state index contributed by atoms with van der Waals surface area (Å²) in [6, 6.07) is 0. The van der Waals surface area contributed by atoms with Crippen molar-refractivity contribution in [2.24, 2.45) is 22.7 Å². The first-order chi connectivity index (χ1) is 16.6. The molecule has 38 heavy (non-hydrogen) atoms. The van der Waals surface area contributed by atoms with Crippen LogP contribution in [0.1, 0.15) is 88.0 Å². The first kappa shape index (κ1) is 35.9. The molecule has 7 nitrogen and oxygen atoms in total. The normalized spacial score (nSPS) is 17.7. The number of esters is 2. The molecule has 13 heteroatoms. The van der Waals surface area contributed by atoms with Crippen molar-refractivity contribution < 1.29 is 60.4 Å². The van der Waals surface area contributed by atoms with Gasteiger partial charge in [0.25, 0.3) is 5.60 Å². The molecule has 4 atom stereocenters. The molecule has 0 spiro atoms. The van der Waals surface area contributed by atoms with E-state index >= 15 is 0 Å². The van der Waals surface area contributed by atoms with Crippen molar-refractivity contribution in [1.82, 2.24) is 0 Å². The number of hydrogen-bond donors (Lipinski definition) is 2. The van der Waals surface area contributed by atoms with Crippen molar-refractivity contribution >= 4 is 17.9 Å². The van der Waals surface area contributed by atoms with Crippen LogP contribution < -0.4 is 0 Å².